The first kappa shape index (κ1) is 10.1. The van der Waals surface area contributed by atoms with E-state index in [1.54, 1.807) is 0 Å². The van der Waals surface area contributed by atoms with Gasteiger partial charge in [-0.1, -0.05) is 0 Å². The summed E-state index contributed by atoms with van der Waals surface area (Å²) in [6.07, 6.45) is 0. The normalized spacial score (nSPS) is 11.8. The molecule has 3 nitrogen and oxygen atoms in total. The van der Waals surface area contributed by atoms with E-state index in [-0.39, 0.29) is 0 Å². The zero-order chi connectivity index (χ0) is 10.7. The Morgan fingerprint density at radius 2 is 2.14 bits per heavy atom. The van der Waals surface area contributed by atoms with Crippen LogP contribution in [0.2, 0.25) is 0 Å². The van der Waals surface area contributed by atoms with E-state index in [1.807, 2.05) is 0 Å². The average molecular weight is 197 g/mol. The van der Waals surface area contributed by atoms with Crippen LogP contribution in [0.5, 0.6) is 0 Å². The first-order valence-electron chi connectivity index (χ1n) is 3.63. The maximum absolute atomic E-state index is 13.0. The molecule has 1 N–H and O–H groups in total. The van der Waals surface area contributed by atoms with Crippen LogP contribution in [0.15, 0.2) is 18.2 Å². The second-order valence-electron chi connectivity index (χ2n) is 2.57. The lowest BCUT2D eigenvalue weighted by atomic mass is 10.0. The van der Waals surface area contributed by atoms with Gasteiger partial charge in [0.15, 0.2) is 5.92 Å². The van der Waals surface area contributed by atoms with E-state index in [9.17, 15) is 13.6 Å². The summed E-state index contributed by atoms with van der Waals surface area (Å²) in [4.78, 5) is 10.5. The van der Waals surface area contributed by atoms with E-state index >= 15 is 0 Å². The minimum Gasteiger partial charge on any atom is -0.480 e. The van der Waals surface area contributed by atoms with Crippen molar-refractivity contribution in [2.45, 2.75) is 5.92 Å². The minimum absolute atomic E-state index is 0.458. The molecule has 0 spiro atoms. The highest BCUT2D eigenvalue weighted by atomic mass is 19.1. The number of nitrogens with zero attached hydrogens (tertiary/aromatic N) is 1. The Labute approximate surface area is 78.2 Å². The molecule has 72 valence electrons. The largest absolute Gasteiger partial charge is 0.480 e. The van der Waals surface area contributed by atoms with E-state index < -0.39 is 29.1 Å². The summed E-state index contributed by atoms with van der Waals surface area (Å²) in [6, 6.07) is 3.73. The Kier molecular flexibility index (Phi) is 2.77. The average Bonchev–Trinajstić information content (AvgIpc) is 2.11. The van der Waals surface area contributed by atoms with Crippen molar-refractivity contribution >= 4 is 5.97 Å². The van der Waals surface area contributed by atoms with Crippen molar-refractivity contribution in [3.05, 3.63) is 35.4 Å². The molecule has 0 bridgehead atoms. The van der Waals surface area contributed by atoms with Crippen molar-refractivity contribution in [1.82, 2.24) is 0 Å². The Morgan fingerprint density at radius 3 is 2.64 bits per heavy atom. The fourth-order valence-electron chi connectivity index (χ4n) is 0.994. The minimum atomic E-state index is -1.68. The molecule has 0 saturated heterocycles. The number of halogens is 2. The molecule has 0 fully saturated rings. The topological polar surface area (TPSA) is 61.1 Å². The van der Waals surface area contributed by atoms with Crippen molar-refractivity contribution in [3.8, 4) is 6.07 Å². The number of hydrogen-bond acceptors (Lipinski definition) is 2. The predicted molar refractivity (Wildman–Crippen MR) is 42.3 cm³/mol. The fraction of sp³-hybridized carbons (Fsp3) is 0.111. The molecule has 0 heterocycles. The number of carboxylic acid groups (broad SMARTS) is 1. The molecule has 0 aliphatic rings. The Morgan fingerprint density at radius 1 is 1.50 bits per heavy atom. The molecule has 5 heteroatoms. The van der Waals surface area contributed by atoms with Crippen LogP contribution in [0.4, 0.5) is 8.78 Å². The SMILES string of the molecule is N#CC(C(=O)O)c1cc(F)ccc1F. The molecule has 0 aromatic heterocycles. The molecular weight excluding hydrogens is 192 g/mol. The maximum atomic E-state index is 13.0. The number of nitriles is 1. The van der Waals surface area contributed by atoms with Gasteiger partial charge in [0.1, 0.15) is 11.6 Å². The number of carbonyl (C=O) groups is 1. The maximum Gasteiger partial charge on any atom is 0.325 e. The molecule has 1 unspecified atom stereocenters. The van der Waals surface area contributed by atoms with E-state index in [2.05, 4.69) is 0 Å². The quantitative estimate of drug-likeness (QED) is 0.784. The monoisotopic (exact) mass is 197 g/mol. The number of benzene rings is 1. The number of carboxylic acids is 1. The van der Waals surface area contributed by atoms with Gasteiger partial charge in [0.2, 0.25) is 0 Å². The molecule has 14 heavy (non-hydrogen) atoms. The van der Waals surface area contributed by atoms with Crippen LogP contribution >= 0.6 is 0 Å². The lowest BCUT2D eigenvalue weighted by Crippen LogP contribution is -2.11. The van der Waals surface area contributed by atoms with Crippen molar-refractivity contribution in [3.63, 3.8) is 0 Å². The lowest BCUT2D eigenvalue weighted by Gasteiger charge is -2.04. The van der Waals surface area contributed by atoms with Gasteiger partial charge in [-0.25, -0.2) is 8.78 Å². The molecular formula is C9H5F2NO2. The Hall–Kier alpha value is -1.96. The number of aliphatic carboxylic acids is 1. The van der Waals surface area contributed by atoms with Crippen LogP contribution in [-0.2, 0) is 4.79 Å². The van der Waals surface area contributed by atoms with Gasteiger partial charge in [0.25, 0.3) is 0 Å². The first-order valence-corrected chi connectivity index (χ1v) is 3.63. The Bertz CT molecular complexity index is 412. The van der Waals surface area contributed by atoms with E-state index in [4.69, 9.17) is 10.4 Å². The molecule has 0 aliphatic heterocycles. The molecule has 1 aromatic rings. The third-order valence-electron chi connectivity index (χ3n) is 1.65. The van der Waals surface area contributed by atoms with Gasteiger partial charge < -0.3 is 5.11 Å². The van der Waals surface area contributed by atoms with Crippen LogP contribution in [0, 0.1) is 23.0 Å². The summed E-state index contributed by atoms with van der Waals surface area (Å²) >= 11 is 0. The predicted octanol–water partition coefficient (Wildman–Crippen LogP) is 1.66. The summed E-state index contributed by atoms with van der Waals surface area (Å²) in [5.74, 6) is -4.86. The van der Waals surface area contributed by atoms with Crippen molar-refractivity contribution in [2.75, 3.05) is 0 Å². The molecule has 1 rings (SSSR count). The van der Waals surface area contributed by atoms with Gasteiger partial charge >= 0.3 is 5.97 Å². The van der Waals surface area contributed by atoms with E-state index in [0.717, 1.165) is 12.1 Å². The smallest absolute Gasteiger partial charge is 0.325 e. The Balaban J connectivity index is 3.23. The van der Waals surface area contributed by atoms with Gasteiger partial charge in [-0.2, -0.15) is 5.26 Å². The second kappa shape index (κ2) is 3.83. The molecule has 1 aromatic carbocycles. The van der Waals surface area contributed by atoms with Crippen LogP contribution < -0.4 is 0 Å². The van der Waals surface area contributed by atoms with Gasteiger partial charge in [-0.3, -0.25) is 4.79 Å². The summed E-state index contributed by atoms with van der Waals surface area (Å²) in [5, 5.41) is 17.0. The second-order valence-corrected chi connectivity index (χ2v) is 2.57. The standard InChI is InChI=1S/C9H5F2NO2/c10-5-1-2-8(11)6(3-5)7(4-12)9(13)14/h1-3,7H,(H,13,14). The van der Waals surface area contributed by atoms with Crippen molar-refractivity contribution in [1.29, 1.82) is 5.26 Å². The molecule has 0 saturated carbocycles. The van der Waals surface area contributed by atoms with E-state index in [0.29, 0.717) is 6.07 Å². The molecule has 0 radical (unpaired) electrons. The van der Waals surface area contributed by atoms with Gasteiger partial charge in [0, 0.05) is 5.56 Å². The molecule has 0 amide bonds. The zero-order valence-corrected chi connectivity index (χ0v) is 6.87. The van der Waals surface area contributed by atoms with Gasteiger partial charge in [0.05, 0.1) is 6.07 Å². The van der Waals surface area contributed by atoms with Crippen LogP contribution in [0.3, 0.4) is 0 Å². The highest BCUT2D eigenvalue weighted by Crippen LogP contribution is 2.19. The van der Waals surface area contributed by atoms with Crippen LogP contribution in [0.25, 0.3) is 0 Å². The van der Waals surface area contributed by atoms with Crippen molar-refractivity contribution in [2.24, 2.45) is 0 Å². The fourth-order valence-corrected chi connectivity index (χ4v) is 0.994. The summed E-state index contributed by atoms with van der Waals surface area (Å²) < 4.78 is 25.6. The summed E-state index contributed by atoms with van der Waals surface area (Å²) in [7, 11) is 0. The molecule has 1 atom stereocenters. The van der Waals surface area contributed by atoms with E-state index in [1.165, 1.54) is 6.07 Å². The van der Waals surface area contributed by atoms with Crippen molar-refractivity contribution < 1.29 is 18.7 Å². The molecule has 0 aliphatic carbocycles. The van der Waals surface area contributed by atoms with Crippen LogP contribution in [0.1, 0.15) is 11.5 Å². The van der Waals surface area contributed by atoms with Crippen LogP contribution in [-0.4, -0.2) is 11.1 Å². The highest BCUT2D eigenvalue weighted by molar-refractivity contribution is 5.79. The van der Waals surface area contributed by atoms with Gasteiger partial charge in [-0.05, 0) is 18.2 Å². The number of hydrogen-bond donors (Lipinski definition) is 1. The first-order chi connectivity index (χ1) is 6.56. The van der Waals surface area contributed by atoms with Gasteiger partial charge in [-0.15, -0.1) is 0 Å². The number of rotatable bonds is 2. The lowest BCUT2D eigenvalue weighted by molar-refractivity contribution is -0.137. The third-order valence-corrected chi connectivity index (χ3v) is 1.65. The summed E-state index contributed by atoms with van der Waals surface area (Å²) in [5.41, 5.74) is -0.458. The zero-order valence-electron chi connectivity index (χ0n) is 6.87. The summed E-state index contributed by atoms with van der Waals surface area (Å²) in [6.45, 7) is 0. The third kappa shape index (κ3) is 1.85. The highest BCUT2D eigenvalue weighted by Gasteiger charge is 2.23.